The van der Waals surface area contributed by atoms with Crippen molar-refractivity contribution in [1.82, 2.24) is 10.3 Å². The van der Waals surface area contributed by atoms with Crippen molar-refractivity contribution in [3.63, 3.8) is 0 Å². The lowest BCUT2D eigenvalue weighted by Crippen LogP contribution is -2.16. The van der Waals surface area contributed by atoms with Crippen molar-refractivity contribution in [3.05, 3.63) is 23.4 Å². The van der Waals surface area contributed by atoms with Crippen LogP contribution < -0.4 is 10.1 Å². The minimum Gasteiger partial charge on any atom is -0.475 e. The van der Waals surface area contributed by atoms with E-state index in [0.29, 0.717) is 18.1 Å². The topological polar surface area (TPSA) is 57.9 Å². The zero-order valence-electron chi connectivity index (χ0n) is 8.37. The van der Waals surface area contributed by atoms with Gasteiger partial charge < -0.3 is 10.1 Å². The molecule has 0 saturated heterocycles. The number of pyridine rings is 1. The quantitative estimate of drug-likeness (QED) is 0.717. The maximum atomic E-state index is 8.78. The predicted octanol–water partition coefficient (Wildman–Crippen LogP) is 0.860. The van der Waals surface area contributed by atoms with Crippen LogP contribution in [0.4, 0.5) is 0 Å². The van der Waals surface area contributed by atoms with Crippen molar-refractivity contribution in [3.8, 4) is 11.9 Å². The van der Waals surface area contributed by atoms with Gasteiger partial charge in [-0.05, 0) is 26.1 Å². The van der Waals surface area contributed by atoms with Crippen molar-refractivity contribution >= 4 is 0 Å². The van der Waals surface area contributed by atoms with Gasteiger partial charge in [-0.3, -0.25) is 0 Å². The Morgan fingerprint density at radius 2 is 2.36 bits per heavy atom. The number of ether oxygens (including phenoxy) is 1. The van der Waals surface area contributed by atoms with Gasteiger partial charge in [0.2, 0.25) is 5.88 Å². The summed E-state index contributed by atoms with van der Waals surface area (Å²) in [5, 5.41) is 11.7. The van der Waals surface area contributed by atoms with Crippen LogP contribution in [0, 0.1) is 18.3 Å². The van der Waals surface area contributed by atoms with E-state index in [1.54, 1.807) is 12.1 Å². The second-order valence-electron chi connectivity index (χ2n) is 2.87. The summed E-state index contributed by atoms with van der Waals surface area (Å²) in [4.78, 5) is 4.14. The molecule has 0 aliphatic rings. The summed E-state index contributed by atoms with van der Waals surface area (Å²) in [7, 11) is 1.85. The molecule has 0 spiro atoms. The van der Waals surface area contributed by atoms with E-state index in [2.05, 4.69) is 10.3 Å². The lowest BCUT2D eigenvalue weighted by molar-refractivity contribution is 0.305. The summed E-state index contributed by atoms with van der Waals surface area (Å²) < 4.78 is 5.35. The standard InChI is InChI=1S/C10H13N3O/c1-8-3-4-9(7-11)10(13-8)14-6-5-12-2/h3-4,12H,5-6H2,1-2H3. The van der Waals surface area contributed by atoms with Gasteiger partial charge in [0.25, 0.3) is 0 Å². The van der Waals surface area contributed by atoms with E-state index in [4.69, 9.17) is 10.00 Å². The first-order valence-electron chi connectivity index (χ1n) is 4.43. The fourth-order valence-corrected chi connectivity index (χ4v) is 0.978. The maximum Gasteiger partial charge on any atom is 0.231 e. The van der Waals surface area contributed by atoms with E-state index in [-0.39, 0.29) is 0 Å². The summed E-state index contributed by atoms with van der Waals surface area (Å²) in [6.07, 6.45) is 0. The highest BCUT2D eigenvalue weighted by atomic mass is 16.5. The Labute approximate surface area is 83.5 Å². The number of nitriles is 1. The fourth-order valence-electron chi connectivity index (χ4n) is 0.978. The van der Waals surface area contributed by atoms with Gasteiger partial charge in [-0.15, -0.1) is 0 Å². The Kier molecular flexibility index (Phi) is 3.89. The molecule has 0 aliphatic carbocycles. The average Bonchev–Trinajstić information content (AvgIpc) is 2.19. The fraction of sp³-hybridized carbons (Fsp3) is 0.400. The summed E-state index contributed by atoms with van der Waals surface area (Å²) in [6.45, 7) is 3.12. The van der Waals surface area contributed by atoms with Crippen LogP contribution in [0.3, 0.4) is 0 Å². The second kappa shape index (κ2) is 5.20. The Balaban J connectivity index is 2.73. The summed E-state index contributed by atoms with van der Waals surface area (Å²) in [5.41, 5.74) is 1.33. The molecular weight excluding hydrogens is 178 g/mol. The van der Waals surface area contributed by atoms with Gasteiger partial charge in [-0.25, -0.2) is 4.98 Å². The zero-order valence-corrected chi connectivity index (χ0v) is 8.37. The van der Waals surface area contributed by atoms with E-state index in [0.717, 1.165) is 12.2 Å². The zero-order chi connectivity index (χ0) is 10.4. The van der Waals surface area contributed by atoms with Gasteiger partial charge in [0.1, 0.15) is 18.2 Å². The molecule has 1 heterocycles. The molecule has 74 valence electrons. The first-order chi connectivity index (χ1) is 6.77. The molecule has 4 nitrogen and oxygen atoms in total. The molecule has 1 aromatic heterocycles. The Bertz CT molecular complexity index is 344. The molecule has 0 atom stereocenters. The van der Waals surface area contributed by atoms with E-state index < -0.39 is 0 Å². The lowest BCUT2D eigenvalue weighted by atomic mass is 10.2. The number of aryl methyl sites for hydroxylation is 1. The Hall–Kier alpha value is -1.60. The van der Waals surface area contributed by atoms with Crippen LogP contribution in [0.25, 0.3) is 0 Å². The molecule has 4 heteroatoms. The third-order valence-corrected chi connectivity index (χ3v) is 1.71. The molecule has 0 aliphatic heterocycles. The smallest absolute Gasteiger partial charge is 0.231 e. The Morgan fingerprint density at radius 1 is 1.57 bits per heavy atom. The van der Waals surface area contributed by atoms with Crippen molar-refractivity contribution in [2.24, 2.45) is 0 Å². The molecule has 1 rings (SSSR count). The van der Waals surface area contributed by atoms with Gasteiger partial charge in [0.15, 0.2) is 0 Å². The van der Waals surface area contributed by atoms with Gasteiger partial charge in [-0.1, -0.05) is 0 Å². The third kappa shape index (κ3) is 2.71. The van der Waals surface area contributed by atoms with Gasteiger partial charge >= 0.3 is 0 Å². The van der Waals surface area contributed by atoms with E-state index in [1.165, 1.54) is 0 Å². The molecule has 0 aromatic carbocycles. The van der Waals surface area contributed by atoms with E-state index >= 15 is 0 Å². The van der Waals surface area contributed by atoms with Gasteiger partial charge in [0, 0.05) is 12.2 Å². The number of nitrogens with one attached hydrogen (secondary N) is 1. The van der Waals surface area contributed by atoms with Crippen LogP contribution in [0.5, 0.6) is 5.88 Å². The molecule has 0 fully saturated rings. The van der Waals surface area contributed by atoms with Crippen LogP contribution in [-0.2, 0) is 0 Å². The second-order valence-corrected chi connectivity index (χ2v) is 2.87. The highest BCUT2D eigenvalue weighted by molar-refractivity contribution is 5.38. The molecule has 0 unspecified atom stereocenters. The molecular formula is C10H13N3O. The van der Waals surface area contributed by atoms with Crippen LogP contribution in [0.2, 0.25) is 0 Å². The number of likely N-dealkylation sites (N-methyl/N-ethyl adjacent to an activating group) is 1. The number of rotatable bonds is 4. The maximum absolute atomic E-state index is 8.78. The minimum atomic E-state index is 0.419. The van der Waals surface area contributed by atoms with E-state index in [1.807, 2.05) is 20.0 Å². The average molecular weight is 191 g/mol. The summed E-state index contributed by atoms with van der Waals surface area (Å²) >= 11 is 0. The largest absolute Gasteiger partial charge is 0.475 e. The Morgan fingerprint density at radius 3 is 3.00 bits per heavy atom. The summed E-state index contributed by atoms with van der Waals surface area (Å²) in [6, 6.07) is 5.56. The monoisotopic (exact) mass is 191 g/mol. The molecule has 1 N–H and O–H groups in total. The van der Waals surface area contributed by atoms with Crippen LogP contribution in [0.1, 0.15) is 11.3 Å². The van der Waals surface area contributed by atoms with Gasteiger partial charge in [0.05, 0.1) is 0 Å². The summed E-state index contributed by atoms with van der Waals surface area (Å²) in [5.74, 6) is 0.419. The SMILES string of the molecule is CNCCOc1nc(C)ccc1C#N. The molecule has 1 aromatic rings. The third-order valence-electron chi connectivity index (χ3n) is 1.71. The first kappa shape index (κ1) is 10.5. The first-order valence-corrected chi connectivity index (χ1v) is 4.43. The molecule has 0 radical (unpaired) electrons. The van der Waals surface area contributed by atoms with Crippen molar-refractivity contribution in [2.45, 2.75) is 6.92 Å². The van der Waals surface area contributed by atoms with Gasteiger partial charge in [-0.2, -0.15) is 5.26 Å². The van der Waals surface area contributed by atoms with Crippen LogP contribution in [0.15, 0.2) is 12.1 Å². The van der Waals surface area contributed by atoms with Crippen LogP contribution in [-0.4, -0.2) is 25.2 Å². The van der Waals surface area contributed by atoms with Crippen molar-refractivity contribution in [2.75, 3.05) is 20.2 Å². The number of hydrogen-bond acceptors (Lipinski definition) is 4. The number of nitrogens with zero attached hydrogens (tertiary/aromatic N) is 2. The van der Waals surface area contributed by atoms with Crippen LogP contribution >= 0.6 is 0 Å². The molecule has 0 saturated carbocycles. The predicted molar refractivity (Wildman–Crippen MR) is 53.1 cm³/mol. The lowest BCUT2D eigenvalue weighted by Gasteiger charge is -2.06. The highest BCUT2D eigenvalue weighted by Crippen LogP contribution is 2.14. The number of hydrogen-bond donors (Lipinski definition) is 1. The minimum absolute atomic E-state index is 0.419. The molecule has 0 amide bonds. The number of aromatic nitrogens is 1. The molecule has 14 heavy (non-hydrogen) atoms. The highest BCUT2D eigenvalue weighted by Gasteiger charge is 2.04. The van der Waals surface area contributed by atoms with Crippen molar-refractivity contribution < 1.29 is 4.74 Å². The normalized spacial score (nSPS) is 9.50. The van der Waals surface area contributed by atoms with Crippen molar-refractivity contribution in [1.29, 1.82) is 5.26 Å². The van der Waals surface area contributed by atoms with E-state index in [9.17, 15) is 0 Å². The molecule has 0 bridgehead atoms.